The summed E-state index contributed by atoms with van der Waals surface area (Å²) in [5, 5.41) is 26.0. The molecule has 14 nitrogen and oxygen atoms in total. The van der Waals surface area contributed by atoms with E-state index in [-0.39, 0.29) is 22.7 Å². The second-order valence-electron chi connectivity index (χ2n) is 12.0. The van der Waals surface area contributed by atoms with Crippen molar-refractivity contribution >= 4 is 46.4 Å². The fraction of sp³-hybridized carbons (Fsp3) is 0.176. The molecule has 0 saturated carbocycles. The number of hydrogen-bond acceptors (Lipinski definition) is 10. The topological polar surface area (TPSA) is 168 Å². The van der Waals surface area contributed by atoms with Gasteiger partial charge in [-0.3, -0.25) is 39.4 Å². The summed E-state index contributed by atoms with van der Waals surface area (Å²) in [6.07, 6.45) is 0. The molecule has 0 bridgehead atoms. The van der Waals surface area contributed by atoms with Crippen LogP contribution in [0, 0.1) is 32.1 Å². The van der Waals surface area contributed by atoms with Crippen LogP contribution < -0.4 is 9.80 Å². The number of hydrazine groups is 1. The molecule has 48 heavy (non-hydrogen) atoms. The molecule has 0 aliphatic carbocycles. The molecule has 0 radical (unpaired) electrons. The molecular formula is C34H24N6O8. The van der Waals surface area contributed by atoms with Gasteiger partial charge in [0.25, 0.3) is 23.2 Å². The van der Waals surface area contributed by atoms with Gasteiger partial charge in [-0.2, -0.15) is 0 Å². The van der Waals surface area contributed by atoms with E-state index in [9.17, 15) is 39.4 Å². The number of nitro benzene ring substituents is 2. The third-order valence-corrected chi connectivity index (χ3v) is 9.64. The number of non-ortho nitro benzene ring substituents is 2. The third kappa shape index (κ3) is 4.06. The lowest BCUT2D eigenvalue weighted by atomic mass is 9.84. The van der Waals surface area contributed by atoms with Gasteiger partial charge < -0.3 is 0 Å². The summed E-state index contributed by atoms with van der Waals surface area (Å²) in [5.74, 6) is -4.19. The molecule has 4 amide bonds. The largest absolute Gasteiger partial charge is 0.274 e. The maximum absolute atomic E-state index is 14.4. The Hall–Kier alpha value is -6.12. The lowest BCUT2D eigenvalue weighted by molar-refractivity contribution is -0.385. The fourth-order valence-corrected chi connectivity index (χ4v) is 7.75. The van der Waals surface area contributed by atoms with Crippen molar-refractivity contribution in [3.63, 3.8) is 0 Å². The molecule has 0 aromatic heterocycles. The van der Waals surface area contributed by atoms with E-state index in [2.05, 4.69) is 0 Å². The van der Waals surface area contributed by atoms with Gasteiger partial charge in [0.15, 0.2) is 0 Å². The zero-order chi connectivity index (χ0) is 33.4. The predicted molar refractivity (Wildman–Crippen MR) is 168 cm³/mol. The minimum atomic E-state index is -1.10. The number of carbonyl (C=O) groups is 4. The average Bonchev–Trinajstić information content (AvgIpc) is 3.77. The van der Waals surface area contributed by atoms with E-state index in [0.29, 0.717) is 11.1 Å². The molecule has 4 saturated heterocycles. The molecular weight excluding hydrogens is 620 g/mol. The van der Waals surface area contributed by atoms with E-state index in [1.807, 2.05) is 0 Å². The second-order valence-corrected chi connectivity index (χ2v) is 12.0. The SMILES string of the molecule is O=C1[C@@H]2[C@@H](C(=O)N1c1ccc([N+](=O)[O-])cc1)N1[C@@H](c3ccccc3)[C@@H]3C(=O)N(c4ccc([N+](=O)[O-])cc4)C(=O)[C@@H]3N1[C@@H]2c1ccccc1. The van der Waals surface area contributed by atoms with Crippen LogP contribution in [0.25, 0.3) is 0 Å². The van der Waals surface area contributed by atoms with E-state index >= 15 is 0 Å². The minimum Gasteiger partial charge on any atom is -0.274 e. The highest BCUT2D eigenvalue weighted by molar-refractivity contribution is 6.26. The molecule has 0 unspecified atom stereocenters. The van der Waals surface area contributed by atoms with Gasteiger partial charge in [-0.25, -0.2) is 19.8 Å². The molecule has 14 heteroatoms. The molecule has 0 N–H and O–H groups in total. The standard InChI is InChI=1S/C34H24N6O8/c41-31-25-27(19-7-3-1-4-8-19)37-30-26(32(42)36(34(30)44)22-13-17-24(18-14-22)40(47)48)28(20-9-5-2-6-10-20)38(37)29(25)33(43)35(31)21-11-15-23(16-12-21)39(45)46/h1-18,25-30H/t25-,26-,27-,28+,29+,30-/m0/s1. The zero-order valence-corrected chi connectivity index (χ0v) is 24.8. The predicted octanol–water partition coefficient (Wildman–Crippen LogP) is 3.95. The highest BCUT2D eigenvalue weighted by atomic mass is 16.6. The minimum absolute atomic E-state index is 0.176. The smallest absolute Gasteiger partial charge is 0.269 e. The van der Waals surface area contributed by atoms with Gasteiger partial charge in [-0.05, 0) is 35.4 Å². The van der Waals surface area contributed by atoms with E-state index < -0.39 is 69.5 Å². The maximum atomic E-state index is 14.4. The van der Waals surface area contributed by atoms with Crippen molar-refractivity contribution < 1.29 is 29.0 Å². The summed E-state index contributed by atoms with van der Waals surface area (Å²) >= 11 is 0. The van der Waals surface area contributed by atoms with Crippen LogP contribution in [0.3, 0.4) is 0 Å². The van der Waals surface area contributed by atoms with Crippen molar-refractivity contribution in [2.75, 3.05) is 9.80 Å². The average molecular weight is 645 g/mol. The summed E-state index contributed by atoms with van der Waals surface area (Å²) in [7, 11) is 0. The molecule has 4 aromatic rings. The Labute approximate surface area is 271 Å². The molecule has 8 rings (SSSR count). The highest BCUT2D eigenvalue weighted by Crippen LogP contribution is 2.59. The summed E-state index contributed by atoms with van der Waals surface area (Å²) in [4.78, 5) is 81.1. The lowest BCUT2D eigenvalue weighted by Crippen LogP contribution is -2.50. The van der Waals surface area contributed by atoms with Gasteiger partial charge in [0, 0.05) is 24.3 Å². The van der Waals surface area contributed by atoms with Crippen LogP contribution in [-0.2, 0) is 19.2 Å². The molecule has 6 atom stereocenters. The number of hydrogen-bond donors (Lipinski definition) is 0. The number of anilines is 2. The Morgan fingerprint density at radius 2 is 0.771 bits per heavy atom. The van der Waals surface area contributed by atoms with Crippen LogP contribution in [0.5, 0.6) is 0 Å². The third-order valence-electron chi connectivity index (χ3n) is 9.64. The Kier molecular flexibility index (Phi) is 6.54. The highest BCUT2D eigenvalue weighted by Gasteiger charge is 2.73. The molecule has 4 fully saturated rings. The number of carbonyl (C=O) groups excluding carboxylic acids is 4. The number of nitro groups is 2. The van der Waals surface area contributed by atoms with Gasteiger partial charge in [-0.15, -0.1) is 0 Å². The van der Waals surface area contributed by atoms with E-state index in [1.54, 1.807) is 70.7 Å². The summed E-state index contributed by atoms with van der Waals surface area (Å²) in [6, 6.07) is 24.4. The molecule has 4 aromatic carbocycles. The number of amides is 4. The van der Waals surface area contributed by atoms with Crippen LogP contribution in [0.15, 0.2) is 109 Å². The van der Waals surface area contributed by atoms with Crippen LogP contribution in [0.1, 0.15) is 23.2 Å². The Bertz CT molecular complexity index is 1880. The van der Waals surface area contributed by atoms with Gasteiger partial charge in [0.1, 0.15) is 12.1 Å². The summed E-state index contributed by atoms with van der Waals surface area (Å²) in [5.41, 5.74) is 1.27. The van der Waals surface area contributed by atoms with Crippen molar-refractivity contribution in [2.24, 2.45) is 11.8 Å². The fourth-order valence-electron chi connectivity index (χ4n) is 7.75. The number of nitrogens with zero attached hydrogens (tertiary/aromatic N) is 6. The molecule has 4 aliphatic heterocycles. The molecule has 4 aliphatic rings. The number of benzene rings is 4. The first-order valence-electron chi connectivity index (χ1n) is 15.1. The second kappa shape index (κ2) is 10.7. The number of imide groups is 2. The molecule has 238 valence electrons. The number of rotatable bonds is 6. The van der Waals surface area contributed by atoms with Crippen molar-refractivity contribution in [2.45, 2.75) is 24.2 Å². The molecule has 4 heterocycles. The molecule has 0 spiro atoms. The Balaban J connectivity index is 1.28. The first-order chi connectivity index (χ1) is 23.2. The normalized spacial score (nSPS) is 26.6. The van der Waals surface area contributed by atoms with E-state index in [0.717, 1.165) is 9.80 Å². The van der Waals surface area contributed by atoms with Crippen LogP contribution >= 0.6 is 0 Å². The quantitative estimate of drug-likeness (QED) is 0.170. The van der Waals surface area contributed by atoms with E-state index in [4.69, 9.17) is 0 Å². The van der Waals surface area contributed by atoms with E-state index in [1.165, 1.54) is 48.5 Å². The first-order valence-corrected chi connectivity index (χ1v) is 15.1. The monoisotopic (exact) mass is 644 g/mol. The van der Waals surface area contributed by atoms with Gasteiger partial charge in [0.05, 0.1) is 45.1 Å². The first kappa shape index (κ1) is 29.3. The van der Waals surface area contributed by atoms with Crippen molar-refractivity contribution in [3.05, 3.63) is 141 Å². The maximum Gasteiger partial charge on any atom is 0.269 e. The van der Waals surface area contributed by atoms with Crippen LogP contribution in [0.4, 0.5) is 22.7 Å². The van der Waals surface area contributed by atoms with Crippen molar-refractivity contribution in [1.82, 2.24) is 10.0 Å². The lowest BCUT2D eigenvalue weighted by Gasteiger charge is -2.35. The van der Waals surface area contributed by atoms with Gasteiger partial charge in [-0.1, -0.05) is 60.7 Å². The Morgan fingerprint density at radius 3 is 1.08 bits per heavy atom. The number of fused-ring (bicyclic) bond motifs is 5. The zero-order valence-electron chi connectivity index (χ0n) is 24.8. The van der Waals surface area contributed by atoms with Crippen LogP contribution in [-0.4, -0.2) is 55.6 Å². The van der Waals surface area contributed by atoms with Crippen LogP contribution in [0.2, 0.25) is 0 Å². The Morgan fingerprint density at radius 1 is 0.438 bits per heavy atom. The van der Waals surface area contributed by atoms with Gasteiger partial charge in [0.2, 0.25) is 11.8 Å². The van der Waals surface area contributed by atoms with Gasteiger partial charge >= 0.3 is 0 Å². The summed E-state index contributed by atoms with van der Waals surface area (Å²) < 4.78 is 0. The van der Waals surface area contributed by atoms with Crippen molar-refractivity contribution in [3.8, 4) is 0 Å². The summed E-state index contributed by atoms with van der Waals surface area (Å²) in [6.45, 7) is 0. The van der Waals surface area contributed by atoms with Crippen molar-refractivity contribution in [1.29, 1.82) is 0 Å².